The highest BCUT2D eigenvalue weighted by Gasteiger charge is 2.05. The summed E-state index contributed by atoms with van der Waals surface area (Å²) in [6.07, 6.45) is 1.13. The maximum atomic E-state index is 11.2. The first-order chi connectivity index (χ1) is 6.13. The highest BCUT2D eigenvalue weighted by molar-refractivity contribution is 9.08. The van der Waals surface area contributed by atoms with E-state index < -0.39 is 5.97 Å². The second-order valence-electron chi connectivity index (χ2n) is 2.30. The first kappa shape index (κ1) is 9.98. The Labute approximate surface area is 82.6 Å². The molecule has 1 aromatic rings. The summed E-state index contributed by atoms with van der Waals surface area (Å²) in [5.74, 6) is -0.142. The molecule has 0 bridgehead atoms. The van der Waals surface area contributed by atoms with Crippen molar-refractivity contribution in [2.75, 3.05) is 0 Å². The smallest absolute Gasteiger partial charge is 0.308 e. The number of ether oxygens (including phenoxy) is 1. The SMILES string of the molecule is CC(=O)Oc1coc(CBr)cc1=O. The molecule has 13 heavy (non-hydrogen) atoms. The Morgan fingerprint density at radius 3 is 2.85 bits per heavy atom. The van der Waals surface area contributed by atoms with Gasteiger partial charge in [-0.2, -0.15) is 0 Å². The normalized spacial score (nSPS) is 9.69. The summed E-state index contributed by atoms with van der Waals surface area (Å²) in [6, 6.07) is 1.27. The van der Waals surface area contributed by atoms with Crippen LogP contribution in [-0.4, -0.2) is 5.97 Å². The number of carbonyl (C=O) groups is 1. The van der Waals surface area contributed by atoms with Gasteiger partial charge < -0.3 is 9.15 Å². The molecule has 0 atom stereocenters. The molecule has 0 saturated carbocycles. The van der Waals surface area contributed by atoms with E-state index in [1.165, 1.54) is 13.0 Å². The van der Waals surface area contributed by atoms with Crippen LogP contribution < -0.4 is 10.2 Å². The summed E-state index contributed by atoms with van der Waals surface area (Å²) in [7, 11) is 0. The van der Waals surface area contributed by atoms with Gasteiger partial charge >= 0.3 is 5.97 Å². The topological polar surface area (TPSA) is 56.5 Å². The van der Waals surface area contributed by atoms with Crippen molar-refractivity contribution in [3.8, 4) is 5.75 Å². The van der Waals surface area contributed by atoms with Crippen molar-refractivity contribution in [1.29, 1.82) is 0 Å². The Morgan fingerprint density at radius 2 is 2.38 bits per heavy atom. The van der Waals surface area contributed by atoms with Crippen molar-refractivity contribution in [2.24, 2.45) is 0 Å². The third-order valence-electron chi connectivity index (χ3n) is 1.24. The molecule has 0 fully saturated rings. The van der Waals surface area contributed by atoms with Gasteiger partial charge in [0, 0.05) is 13.0 Å². The van der Waals surface area contributed by atoms with Gasteiger partial charge in [0.05, 0.1) is 5.33 Å². The van der Waals surface area contributed by atoms with Crippen LogP contribution in [0.15, 0.2) is 21.5 Å². The number of halogens is 1. The number of alkyl halides is 1. The average molecular weight is 247 g/mol. The molecule has 70 valence electrons. The van der Waals surface area contributed by atoms with Gasteiger partial charge in [-0.15, -0.1) is 0 Å². The standard InChI is InChI=1S/C8H7BrO4/c1-5(10)13-8-4-12-6(3-9)2-7(8)11/h2,4H,3H2,1H3. The summed E-state index contributed by atoms with van der Waals surface area (Å²) in [4.78, 5) is 21.7. The average Bonchev–Trinajstić information content (AvgIpc) is 2.08. The molecule has 0 unspecified atom stereocenters. The molecule has 0 aliphatic carbocycles. The van der Waals surface area contributed by atoms with Crippen molar-refractivity contribution < 1.29 is 13.9 Å². The molecule has 0 N–H and O–H groups in total. The van der Waals surface area contributed by atoms with Crippen LogP contribution >= 0.6 is 15.9 Å². The molecule has 1 rings (SSSR count). The van der Waals surface area contributed by atoms with Crippen molar-refractivity contribution >= 4 is 21.9 Å². The Kier molecular flexibility index (Phi) is 3.25. The quantitative estimate of drug-likeness (QED) is 0.586. The summed E-state index contributed by atoms with van der Waals surface area (Å²) >= 11 is 3.13. The van der Waals surface area contributed by atoms with Gasteiger partial charge in [-0.05, 0) is 0 Å². The fourth-order valence-corrected chi connectivity index (χ4v) is 1.03. The summed E-state index contributed by atoms with van der Waals surface area (Å²) < 4.78 is 9.55. The van der Waals surface area contributed by atoms with Crippen LogP contribution in [0.25, 0.3) is 0 Å². The monoisotopic (exact) mass is 246 g/mol. The van der Waals surface area contributed by atoms with E-state index in [2.05, 4.69) is 20.7 Å². The number of carbonyl (C=O) groups excluding carboxylic acids is 1. The van der Waals surface area contributed by atoms with Gasteiger partial charge in [-0.25, -0.2) is 0 Å². The Balaban J connectivity index is 2.99. The molecule has 5 heteroatoms. The molecule has 0 aliphatic heterocycles. The molecule has 0 radical (unpaired) electrons. The van der Waals surface area contributed by atoms with Crippen LogP contribution in [0.5, 0.6) is 5.75 Å². The van der Waals surface area contributed by atoms with E-state index in [-0.39, 0.29) is 11.2 Å². The third kappa shape index (κ3) is 2.69. The Hall–Kier alpha value is -1.10. The second-order valence-corrected chi connectivity index (χ2v) is 2.86. The first-order valence-electron chi connectivity index (χ1n) is 3.49. The minimum Gasteiger partial charge on any atom is -0.464 e. The molecule has 1 heterocycles. The lowest BCUT2D eigenvalue weighted by Gasteiger charge is -1.99. The molecule has 0 saturated heterocycles. The minimum atomic E-state index is -0.543. The fourth-order valence-electron chi connectivity index (χ4n) is 0.738. The van der Waals surface area contributed by atoms with Crippen LogP contribution in [0.2, 0.25) is 0 Å². The van der Waals surface area contributed by atoms with Crippen molar-refractivity contribution in [2.45, 2.75) is 12.3 Å². The van der Waals surface area contributed by atoms with Crippen molar-refractivity contribution in [1.82, 2.24) is 0 Å². The van der Waals surface area contributed by atoms with Crippen LogP contribution in [0.1, 0.15) is 12.7 Å². The van der Waals surface area contributed by atoms with E-state index in [9.17, 15) is 9.59 Å². The molecular weight excluding hydrogens is 240 g/mol. The van der Waals surface area contributed by atoms with Gasteiger partial charge in [0.1, 0.15) is 12.0 Å². The number of rotatable bonds is 2. The highest BCUT2D eigenvalue weighted by atomic mass is 79.9. The zero-order valence-electron chi connectivity index (χ0n) is 6.87. The molecular formula is C8H7BrO4. The lowest BCUT2D eigenvalue weighted by atomic mass is 10.4. The van der Waals surface area contributed by atoms with E-state index in [0.717, 1.165) is 6.26 Å². The zero-order chi connectivity index (χ0) is 9.84. The number of hydrogen-bond acceptors (Lipinski definition) is 4. The first-order valence-corrected chi connectivity index (χ1v) is 4.61. The zero-order valence-corrected chi connectivity index (χ0v) is 8.46. The minimum absolute atomic E-state index is 0.0859. The van der Waals surface area contributed by atoms with Crippen LogP contribution in [0, 0.1) is 0 Å². The predicted molar refractivity (Wildman–Crippen MR) is 48.9 cm³/mol. The molecule has 4 nitrogen and oxygen atoms in total. The van der Waals surface area contributed by atoms with Crippen LogP contribution in [0.4, 0.5) is 0 Å². The van der Waals surface area contributed by atoms with E-state index >= 15 is 0 Å². The molecule has 0 aliphatic rings. The fraction of sp³-hybridized carbons (Fsp3) is 0.250. The van der Waals surface area contributed by atoms with Crippen LogP contribution in [-0.2, 0) is 10.1 Å². The second kappa shape index (κ2) is 4.23. The summed E-state index contributed by atoms with van der Waals surface area (Å²) in [6.45, 7) is 1.22. The molecule has 0 spiro atoms. The van der Waals surface area contributed by atoms with Crippen molar-refractivity contribution in [3.05, 3.63) is 28.3 Å². The molecule has 0 aromatic carbocycles. The summed E-state index contributed by atoms with van der Waals surface area (Å²) in [5.41, 5.74) is -0.365. The van der Waals surface area contributed by atoms with Gasteiger partial charge in [0.2, 0.25) is 11.2 Å². The van der Waals surface area contributed by atoms with E-state index in [4.69, 9.17) is 4.42 Å². The van der Waals surface area contributed by atoms with Gasteiger partial charge in [-0.3, -0.25) is 9.59 Å². The van der Waals surface area contributed by atoms with E-state index in [1.54, 1.807) is 0 Å². The Bertz CT molecular complexity index is 369. The maximum absolute atomic E-state index is 11.2. The molecule has 1 aromatic heterocycles. The lowest BCUT2D eigenvalue weighted by molar-refractivity contribution is -0.132. The number of esters is 1. The van der Waals surface area contributed by atoms with E-state index in [0.29, 0.717) is 11.1 Å². The predicted octanol–water partition coefficient (Wildman–Crippen LogP) is 1.46. The third-order valence-corrected chi connectivity index (χ3v) is 1.79. The summed E-state index contributed by atoms with van der Waals surface area (Å²) in [5, 5.41) is 0.447. The lowest BCUT2D eigenvalue weighted by Crippen LogP contribution is -2.11. The molecule has 0 amide bonds. The Morgan fingerprint density at radius 1 is 1.69 bits per heavy atom. The van der Waals surface area contributed by atoms with Crippen molar-refractivity contribution in [3.63, 3.8) is 0 Å². The van der Waals surface area contributed by atoms with E-state index in [1.807, 2.05) is 0 Å². The maximum Gasteiger partial charge on any atom is 0.308 e. The van der Waals surface area contributed by atoms with Gasteiger partial charge in [0.15, 0.2) is 0 Å². The van der Waals surface area contributed by atoms with Gasteiger partial charge in [-0.1, -0.05) is 15.9 Å². The largest absolute Gasteiger partial charge is 0.464 e. The van der Waals surface area contributed by atoms with Gasteiger partial charge in [0.25, 0.3) is 0 Å². The highest BCUT2D eigenvalue weighted by Crippen LogP contribution is 2.08. The number of hydrogen-bond donors (Lipinski definition) is 0. The van der Waals surface area contributed by atoms with Crippen LogP contribution in [0.3, 0.4) is 0 Å².